The second-order valence-corrected chi connectivity index (χ2v) is 7.24. The van der Waals surface area contributed by atoms with Crippen molar-refractivity contribution in [2.75, 3.05) is 20.4 Å². The molecule has 2 N–H and O–H groups in total. The van der Waals surface area contributed by atoms with Crippen LogP contribution in [-0.4, -0.2) is 47.2 Å². The molecule has 1 aliphatic heterocycles. The van der Waals surface area contributed by atoms with Crippen molar-refractivity contribution in [3.05, 3.63) is 32.6 Å². The smallest absolute Gasteiger partial charge is 0.330 e. The van der Waals surface area contributed by atoms with Crippen LogP contribution in [0.25, 0.3) is 0 Å². The lowest BCUT2D eigenvalue weighted by atomic mass is 10.2. The van der Waals surface area contributed by atoms with Crippen molar-refractivity contribution in [1.82, 2.24) is 9.55 Å². The number of aromatic nitrogens is 2. The molecule has 0 saturated carbocycles. The van der Waals surface area contributed by atoms with Crippen molar-refractivity contribution in [2.45, 2.75) is 31.8 Å². The van der Waals surface area contributed by atoms with Crippen LogP contribution in [0.3, 0.4) is 0 Å². The molecule has 1 aromatic heterocycles. The lowest BCUT2D eigenvalue weighted by Gasteiger charge is -2.19. The maximum atomic E-state index is 11.9. The molecule has 0 amide bonds. The lowest BCUT2D eigenvalue weighted by Crippen LogP contribution is -2.33. The summed E-state index contributed by atoms with van der Waals surface area (Å²) >= 11 is 0. The summed E-state index contributed by atoms with van der Waals surface area (Å²) in [7, 11) is -2.00. The molecular weight excluding hydrogens is 315 g/mol. The number of H-pyrrole nitrogens is 1. The van der Waals surface area contributed by atoms with Crippen molar-refractivity contribution in [2.24, 2.45) is 0 Å². The second kappa shape index (κ2) is 6.47. The molecule has 0 radical (unpaired) electrons. The summed E-state index contributed by atoms with van der Waals surface area (Å²) in [5.74, 6) is 0. The van der Waals surface area contributed by atoms with Crippen LogP contribution in [0.4, 0.5) is 0 Å². The van der Waals surface area contributed by atoms with Gasteiger partial charge in [-0.05, 0) is 6.92 Å². The predicted molar refractivity (Wildman–Crippen MR) is 77.1 cm³/mol. The number of hydrogen-bond donors (Lipinski definition) is 2. The normalized spacial score (nSPS) is 27.7. The van der Waals surface area contributed by atoms with Gasteiger partial charge in [-0.15, -0.1) is 0 Å². The molecule has 124 valence electrons. The summed E-state index contributed by atoms with van der Waals surface area (Å²) in [6.07, 6.45) is -0.595. The Kier molecular flexibility index (Phi) is 5.03. The molecule has 1 saturated heterocycles. The van der Waals surface area contributed by atoms with Crippen molar-refractivity contribution >= 4 is 7.60 Å². The number of rotatable bonds is 5. The fraction of sp³-hybridized carbons (Fsp3) is 0.667. The Bertz CT molecular complexity index is 697. The van der Waals surface area contributed by atoms with Gasteiger partial charge in [0, 0.05) is 32.0 Å². The number of aliphatic hydroxyl groups is 1. The molecule has 1 aromatic rings. The first-order valence-electron chi connectivity index (χ1n) is 6.67. The zero-order valence-corrected chi connectivity index (χ0v) is 13.4. The average molecular weight is 334 g/mol. The first-order valence-corrected chi connectivity index (χ1v) is 8.66. The predicted octanol–water partition coefficient (Wildman–Crippen LogP) is -0.0207. The van der Waals surface area contributed by atoms with Gasteiger partial charge in [0.1, 0.15) is 12.3 Å². The summed E-state index contributed by atoms with van der Waals surface area (Å²) in [6, 6.07) is 0. The van der Waals surface area contributed by atoms with Crippen LogP contribution in [0.5, 0.6) is 0 Å². The van der Waals surface area contributed by atoms with Gasteiger partial charge in [0.2, 0.25) is 0 Å². The lowest BCUT2D eigenvalue weighted by molar-refractivity contribution is -0.0434. The Morgan fingerprint density at radius 2 is 2.23 bits per heavy atom. The quantitative estimate of drug-likeness (QED) is 0.726. The van der Waals surface area contributed by atoms with Gasteiger partial charge in [0.05, 0.1) is 12.7 Å². The van der Waals surface area contributed by atoms with Crippen molar-refractivity contribution in [1.29, 1.82) is 0 Å². The van der Waals surface area contributed by atoms with Crippen LogP contribution in [-0.2, 0) is 18.3 Å². The molecule has 4 atom stereocenters. The van der Waals surface area contributed by atoms with E-state index in [0.29, 0.717) is 5.56 Å². The molecule has 2 heterocycles. The third-order valence-electron chi connectivity index (χ3n) is 3.48. The molecule has 0 aromatic carbocycles. The fourth-order valence-electron chi connectivity index (χ4n) is 2.24. The largest absolute Gasteiger partial charge is 0.394 e. The summed E-state index contributed by atoms with van der Waals surface area (Å²) in [5, 5.41) is 9.36. The van der Waals surface area contributed by atoms with E-state index in [4.69, 9.17) is 13.8 Å². The van der Waals surface area contributed by atoms with Crippen LogP contribution in [0.15, 0.2) is 15.8 Å². The minimum atomic E-state index is -3.26. The number of nitrogens with one attached hydrogen (secondary N) is 1. The molecule has 22 heavy (non-hydrogen) atoms. The van der Waals surface area contributed by atoms with E-state index in [9.17, 15) is 19.3 Å². The van der Waals surface area contributed by atoms with E-state index >= 15 is 0 Å². The fourth-order valence-corrected chi connectivity index (χ4v) is 3.03. The number of aromatic amines is 1. The van der Waals surface area contributed by atoms with E-state index < -0.39 is 37.3 Å². The molecule has 1 fully saturated rings. The zero-order chi connectivity index (χ0) is 16.5. The molecular formula is C12H19N2O7P. The average Bonchev–Trinajstić information content (AvgIpc) is 2.84. The zero-order valence-electron chi connectivity index (χ0n) is 12.5. The number of aryl methyl sites for hydroxylation is 1. The maximum Gasteiger partial charge on any atom is 0.330 e. The standard InChI is InChI=1S/C12H19N2O7P/c1-7-5-14(12(17)13-11(7)16)10-4-8(9(6-15)20-10)21-22(3,18)19-2/h5,8-10,15H,4,6H2,1-3H3,(H,13,16,17). The topological polar surface area (TPSA) is 120 Å². The van der Waals surface area contributed by atoms with Crippen LogP contribution in [0.2, 0.25) is 0 Å². The van der Waals surface area contributed by atoms with Crippen molar-refractivity contribution < 1.29 is 23.5 Å². The van der Waals surface area contributed by atoms with Gasteiger partial charge in [-0.3, -0.25) is 18.9 Å². The molecule has 2 rings (SSSR count). The first kappa shape index (κ1) is 17.1. The third-order valence-corrected chi connectivity index (χ3v) is 4.79. The second-order valence-electron chi connectivity index (χ2n) is 5.12. The monoisotopic (exact) mass is 334 g/mol. The first-order chi connectivity index (χ1) is 10.3. The number of nitrogens with zero attached hydrogens (tertiary/aromatic N) is 1. The highest BCUT2D eigenvalue weighted by Gasteiger charge is 2.40. The van der Waals surface area contributed by atoms with Gasteiger partial charge in [-0.25, -0.2) is 4.79 Å². The van der Waals surface area contributed by atoms with Crippen LogP contribution in [0, 0.1) is 6.92 Å². The maximum absolute atomic E-state index is 11.9. The Morgan fingerprint density at radius 1 is 1.55 bits per heavy atom. The molecule has 1 aliphatic rings. The number of hydrogen-bond acceptors (Lipinski definition) is 7. The molecule has 10 heteroatoms. The molecule has 0 spiro atoms. The van der Waals surface area contributed by atoms with Crippen LogP contribution < -0.4 is 11.2 Å². The molecule has 0 bridgehead atoms. The Morgan fingerprint density at radius 3 is 2.82 bits per heavy atom. The summed E-state index contributed by atoms with van der Waals surface area (Å²) in [6.45, 7) is 2.51. The van der Waals surface area contributed by atoms with Gasteiger partial charge in [-0.1, -0.05) is 0 Å². The van der Waals surface area contributed by atoms with Crippen molar-refractivity contribution in [3.8, 4) is 0 Å². The van der Waals surface area contributed by atoms with Crippen LogP contribution in [0.1, 0.15) is 18.2 Å². The summed E-state index contributed by atoms with van der Waals surface area (Å²) < 4.78 is 28.8. The highest BCUT2D eigenvalue weighted by Crippen LogP contribution is 2.47. The van der Waals surface area contributed by atoms with E-state index in [1.54, 1.807) is 6.92 Å². The third kappa shape index (κ3) is 3.56. The summed E-state index contributed by atoms with van der Waals surface area (Å²) in [5.41, 5.74) is -0.737. The van der Waals surface area contributed by atoms with Gasteiger partial charge >= 0.3 is 13.3 Å². The van der Waals surface area contributed by atoms with Gasteiger partial charge < -0.3 is 18.9 Å². The van der Waals surface area contributed by atoms with Gasteiger partial charge in [0.25, 0.3) is 5.56 Å². The van der Waals surface area contributed by atoms with Crippen molar-refractivity contribution in [3.63, 3.8) is 0 Å². The Labute approximate surface area is 126 Å². The molecule has 9 nitrogen and oxygen atoms in total. The van der Waals surface area contributed by atoms with E-state index in [1.165, 1.54) is 24.5 Å². The highest BCUT2D eigenvalue weighted by molar-refractivity contribution is 7.52. The van der Waals surface area contributed by atoms with E-state index in [1.807, 2.05) is 0 Å². The van der Waals surface area contributed by atoms with E-state index in [0.717, 1.165) is 0 Å². The minimum absolute atomic E-state index is 0.192. The number of ether oxygens (including phenoxy) is 1. The summed E-state index contributed by atoms with van der Waals surface area (Å²) in [4.78, 5) is 25.4. The number of aliphatic hydroxyl groups excluding tert-OH is 1. The Balaban J connectivity index is 2.25. The van der Waals surface area contributed by atoms with E-state index in [-0.39, 0.29) is 13.0 Å². The Hall–Kier alpha value is -1.25. The minimum Gasteiger partial charge on any atom is -0.394 e. The van der Waals surface area contributed by atoms with E-state index in [2.05, 4.69) is 4.98 Å². The van der Waals surface area contributed by atoms with Crippen LogP contribution >= 0.6 is 7.60 Å². The van der Waals surface area contributed by atoms with Gasteiger partial charge in [0.15, 0.2) is 0 Å². The SMILES string of the molecule is COP(C)(=O)OC1CC(n2cc(C)c(=O)[nH]c2=O)OC1CO. The highest BCUT2D eigenvalue weighted by atomic mass is 31.2. The van der Waals surface area contributed by atoms with Gasteiger partial charge in [-0.2, -0.15) is 0 Å². The molecule has 0 aliphatic carbocycles. The molecule has 4 unspecified atom stereocenters.